The van der Waals surface area contributed by atoms with Crippen LogP contribution in [0.5, 0.6) is 17.2 Å². The first-order chi connectivity index (χ1) is 9.26. The van der Waals surface area contributed by atoms with E-state index in [1.165, 1.54) is 0 Å². The summed E-state index contributed by atoms with van der Waals surface area (Å²) in [4.78, 5) is 0. The van der Waals surface area contributed by atoms with Crippen molar-refractivity contribution in [2.24, 2.45) is 0 Å². The number of fused-ring (bicyclic) bond motifs is 2. The van der Waals surface area contributed by atoms with Gasteiger partial charge in [-0.3, -0.25) is 0 Å². The molecule has 0 radical (unpaired) electrons. The van der Waals surface area contributed by atoms with Crippen molar-refractivity contribution in [3.8, 4) is 17.2 Å². The Morgan fingerprint density at radius 1 is 1.16 bits per heavy atom. The molecule has 1 aromatic rings. The van der Waals surface area contributed by atoms with Gasteiger partial charge in [-0.05, 0) is 12.6 Å². The molecule has 4 rings (SSSR count). The fourth-order valence-corrected chi connectivity index (χ4v) is 3.15. The Balaban J connectivity index is 1.75. The molecule has 1 spiro atoms. The zero-order chi connectivity index (χ0) is 12.9. The zero-order valence-electron chi connectivity index (χ0n) is 10.6. The van der Waals surface area contributed by atoms with E-state index in [2.05, 4.69) is 5.32 Å². The maximum atomic E-state index is 10.4. The molecule has 1 fully saturated rings. The van der Waals surface area contributed by atoms with Gasteiger partial charge in [-0.2, -0.15) is 0 Å². The highest BCUT2D eigenvalue weighted by Gasteiger charge is 2.43. The van der Waals surface area contributed by atoms with Gasteiger partial charge in [0.2, 0.25) is 0 Å². The van der Waals surface area contributed by atoms with Crippen LogP contribution in [0.4, 0.5) is 0 Å². The van der Waals surface area contributed by atoms with Crippen LogP contribution >= 0.6 is 0 Å². The van der Waals surface area contributed by atoms with Gasteiger partial charge in [-0.1, -0.05) is 0 Å². The lowest BCUT2D eigenvalue weighted by atomic mass is 9.88. The van der Waals surface area contributed by atoms with Crippen molar-refractivity contribution in [2.45, 2.75) is 24.5 Å². The first-order valence-electron chi connectivity index (χ1n) is 6.77. The minimum Gasteiger partial charge on any atom is -0.486 e. The molecular formula is C14H17NO4. The number of rotatable bonds is 0. The molecule has 0 aromatic heterocycles. The van der Waals surface area contributed by atoms with E-state index in [1.54, 1.807) is 0 Å². The summed E-state index contributed by atoms with van der Waals surface area (Å²) in [6.45, 7) is 2.84. The van der Waals surface area contributed by atoms with Crippen molar-refractivity contribution in [1.29, 1.82) is 0 Å². The third-order valence-corrected chi connectivity index (χ3v) is 4.13. The quantitative estimate of drug-likeness (QED) is 0.731. The van der Waals surface area contributed by atoms with E-state index in [1.807, 2.05) is 12.1 Å². The number of aliphatic hydroxyl groups excluding tert-OH is 1. The Morgan fingerprint density at radius 2 is 1.95 bits per heavy atom. The van der Waals surface area contributed by atoms with Crippen molar-refractivity contribution in [3.05, 3.63) is 17.7 Å². The Kier molecular flexibility index (Phi) is 2.40. The molecular weight excluding hydrogens is 246 g/mol. The molecule has 5 nitrogen and oxygen atoms in total. The van der Waals surface area contributed by atoms with Gasteiger partial charge >= 0.3 is 0 Å². The van der Waals surface area contributed by atoms with Crippen molar-refractivity contribution in [3.63, 3.8) is 0 Å². The number of aliphatic hydroxyl groups is 1. The molecule has 3 aliphatic heterocycles. The van der Waals surface area contributed by atoms with Gasteiger partial charge in [-0.15, -0.1) is 0 Å². The standard InChI is InChI=1S/C14H17NO4/c16-10-7-14(1-2-15-8-14)19-11-6-13-12(5-9(10)11)17-3-4-18-13/h5-6,10,15-16H,1-4,7-8H2. The Bertz CT molecular complexity index is 510. The summed E-state index contributed by atoms with van der Waals surface area (Å²) in [5.41, 5.74) is 0.540. The minimum atomic E-state index is -0.500. The fourth-order valence-electron chi connectivity index (χ4n) is 3.15. The summed E-state index contributed by atoms with van der Waals surface area (Å²) in [6.07, 6.45) is 1.06. The van der Waals surface area contributed by atoms with Gasteiger partial charge in [0.15, 0.2) is 11.5 Å². The van der Waals surface area contributed by atoms with Crippen LogP contribution in [-0.2, 0) is 0 Å². The smallest absolute Gasteiger partial charge is 0.165 e. The second-order valence-electron chi connectivity index (χ2n) is 5.47. The molecule has 1 aromatic carbocycles. The molecule has 0 amide bonds. The number of nitrogens with one attached hydrogen (secondary N) is 1. The monoisotopic (exact) mass is 263 g/mol. The normalized spacial score (nSPS) is 31.9. The van der Waals surface area contributed by atoms with Gasteiger partial charge < -0.3 is 24.6 Å². The first-order valence-corrected chi connectivity index (χ1v) is 6.77. The topological polar surface area (TPSA) is 60.0 Å². The van der Waals surface area contributed by atoms with Crippen LogP contribution in [0.2, 0.25) is 0 Å². The van der Waals surface area contributed by atoms with E-state index in [9.17, 15) is 5.11 Å². The Hall–Kier alpha value is -1.46. The van der Waals surface area contributed by atoms with E-state index >= 15 is 0 Å². The molecule has 2 N–H and O–H groups in total. The van der Waals surface area contributed by atoms with Crippen LogP contribution in [0.3, 0.4) is 0 Å². The van der Waals surface area contributed by atoms with Crippen molar-refractivity contribution in [2.75, 3.05) is 26.3 Å². The van der Waals surface area contributed by atoms with Crippen LogP contribution in [0.15, 0.2) is 12.1 Å². The van der Waals surface area contributed by atoms with Crippen LogP contribution in [0, 0.1) is 0 Å². The third kappa shape index (κ3) is 1.76. The number of benzene rings is 1. The van der Waals surface area contributed by atoms with Gasteiger partial charge in [0.05, 0.1) is 6.10 Å². The predicted molar refractivity (Wildman–Crippen MR) is 67.9 cm³/mol. The molecule has 102 valence electrons. The van der Waals surface area contributed by atoms with Crippen molar-refractivity contribution in [1.82, 2.24) is 5.32 Å². The van der Waals surface area contributed by atoms with Gasteiger partial charge in [0, 0.05) is 31.0 Å². The molecule has 2 unspecified atom stereocenters. The van der Waals surface area contributed by atoms with E-state index in [0.29, 0.717) is 31.1 Å². The van der Waals surface area contributed by atoms with Gasteiger partial charge in [-0.25, -0.2) is 0 Å². The number of hydrogen-bond acceptors (Lipinski definition) is 5. The van der Waals surface area contributed by atoms with Crippen molar-refractivity contribution < 1.29 is 19.3 Å². The highest BCUT2D eigenvalue weighted by Crippen LogP contribution is 2.47. The molecule has 19 heavy (non-hydrogen) atoms. The van der Waals surface area contributed by atoms with E-state index in [4.69, 9.17) is 14.2 Å². The Labute approximate surface area is 111 Å². The average molecular weight is 263 g/mol. The molecule has 2 atom stereocenters. The van der Waals surface area contributed by atoms with E-state index < -0.39 is 6.10 Å². The van der Waals surface area contributed by atoms with Gasteiger partial charge in [0.1, 0.15) is 24.6 Å². The second kappa shape index (κ2) is 4.02. The largest absolute Gasteiger partial charge is 0.486 e. The van der Waals surface area contributed by atoms with Crippen LogP contribution in [0.1, 0.15) is 24.5 Å². The van der Waals surface area contributed by atoms with E-state index in [0.717, 1.165) is 30.8 Å². The maximum Gasteiger partial charge on any atom is 0.165 e. The number of ether oxygens (including phenoxy) is 3. The summed E-state index contributed by atoms with van der Waals surface area (Å²) in [5, 5.41) is 13.7. The SMILES string of the molecule is OC1CC2(CCNC2)Oc2cc3c(cc21)OCCO3. The summed E-state index contributed by atoms with van der Waals surface area (Å²) in [5.74, 6) is 2.14. The lowest BCUT2D eigenvalue weighted by Crippen LogP contribution is -2.43. The average Bonchev–Trinajstić information content (AvgIpc) is 2.85. The second-order valence-corrected chi connectivity index (χ2v) is 5.47. The lowest BCUT2D eigenvalue weighted by molar-refractivity contribution is -0.00111. The Morgan fingerprint density at radius 3 is 2.68 bits per heavy atom. The summed E-state index contributed by atoms with van der Waals surface area (Å²) in [6, 6.07) is 3.70. The molecule has 0 bridgehead atoms. The van der Waals surface area contributed by atoms with Crippen LogP contribution < -0.4 is 19.5 Å². The molecule has 3 heterocycles. The van der Waals surface area contributed by atoms with Crippen LogP contribution in [-0.4, -0.2) is 37.0 Å². The highest BCUT2D eigenvalue weighted by atomic mass is 16.6. The molecule has 0 aliphatic carbocycles. The summed E-state index contributed by atoms with van der Waals surface area (Å²) in [7, 11) is 0. The number of hydrogen-bond donors (Lipinski definition) is 2. The molecule has 0 saturated carbocycles. The first kappa shape index (κ1) is 11.4. The fraction of sp³-hybridized carbons (Fsp3) is 0.571. The summed E-state index contributed by atoms with van der Waals surface area (Å²) >= 11 is 0. The molecule has 3 aliphatic rings. The van der Waals surface area contributed by atoms with Gasteiger partial charge in [0.25, 0.3) is 0 Å². The lowest BCUT2D eigenvalue weighted by Gasteiger charge is -2.38. The zero-order valence-corrected chi connectivity index (χ0v) is 10.6. The predicted octanol–water partition coefficient (Wildman–Crippen LogP) is 1.01. The van der Waals surface area contributed by atoms with Crippen molar-refractivity contribution >= 4 is 0 Å². The third-order valence-electron chi connectivity index (χ3n) is 4.13. The highest BCUT2D eigenvalue weighted by molar-refractivity contribution is 5.53. The van der Waals surface area contributed by atoms with Crippen LogP contribution in [0.25, 0.3) is 0 Å². The van der Waals surface area contributed by atoms with E-state index in [-0.39, 0.29) is 5.60 Å². The maximum absolute atomic E-state index is 10.4. The molecule has 5 heteroatoms. The summed E-state index contributed by atoms with van der Waals surface area (Å²) < 4.78 is 17.3. The molecule has 1 saturated heterocycles. The minimum absolute atomic E-state index is 0.268.